The summed E-state index contributed by atoms with van der Waals surface area (Å²) in [5.74, 6) is -1.19. The van der Waals surface area contributed by atoms with Gasteiger partial charge < -0.3 is 14.8 Å². The van der Waals surface area contributed by atoms with E-state index in [-0.39, 0.29) is 23.7 Å². The number of hydrogen-bond acceptors (Lipinski definition) is 3. The highest BCUT2D eigenvalue weighted by Crippen LogP contribution is 2.45. The summed E-state index contributed by atoms with van der Waals surface area (Å²) in [7, 11) is 0. The summed E-state index contributed by atoms with van der Waals surface area (Å²) < 4.78 is 39.5. The topological polar surface area (TPSA) is 30.5 Å². The van der Waals surface area contributed by atoms with Gasteiger partial charge >= 0.3 is 0 Å². The van der Waals surface area contributed by atoms with Crippen LogP contribution in [0.2, 0.25) is 0 Å². The fourth-order valence-corrected chi connectivity index (χ4v) is 3.75. The van der Waals surface area contributed by atoms with E-state index >= 15 is 0 Å². The largest absolute Gasteiger partial charge is 0.375 e. The zero-order chi connectivity index (χ0) is 18.5. The second kappa shape index (κ2) is 6.32. The number of benzene rings is 2. The Labute approximate surface area is 152 Å². The lowest BCUT2D eigenvalue weighted by molar-refractivity contribution is -0.151. The van der Waals surface area contributed by atoms with Gasteiger partial charge in [-0.1, -0.05) is 32.9 Å². The fraction of sp³-hybridized carbons (Fsp3) is 0.429. The molecule has 0 radical (unpaired) electrons. The maximum Gasteiger partial charge on any atom is 0.126 e. The molecule has 2 aliphatic rings. The van der Waals surface area contributed by atoms with Crippen LogP contribution < -0.4 is 5.32 Å². The molecule has 138 valence electrons. The smallest absolute Gasteiger partial charge is 0.126 e. The van der Waals surface area contributed by atoms with Crippen LogP contribution in [-0.2, 0) is 14.9 Å². The van der Waals surface area contributed by atoms with Gasteiger partial charge in [0.15, 0.2) is 0 Å². The molecule has 0 spiro atoms. The highest BCUT2D eigenvalue weighted by Gasteiger charge is 2.41. The first-order valence-corrected chi connectivity index (χ1v) is 8.93. The van der Waals surface area contributed by atoms with Gasteiger partial charge in [0.2, 0.25) is 0 Å². The second-order valence-corrected chi connectivity index (χ2v) is 8.00. The lowest BCUT2D eigenvalue weighted by atomic mass is 9.82. The minimum Gasteiger partial charge on any atom is -0.375 e. The Balaban J connectivity index is 1.79. The molecule has 2 aromatic rings. The van der Waals surface area contributed by atoms with Gasteiger partial charge in [0.05, 0.1) is 19.3 Å². The van der Waals surface area contributed by atoms with E-state index in [0.717, 1.165) is 17.3 Å². The van der Waals surface area contributed by atoms with Gasteiger partial charge in [-0.05, 0) is 34.7 Å². The number of hydrogen-bond donors (Lipinski definition) is 1. The molecule has 3 unspecified atom stereocenters. The second-order valence-electron chi connectivity index (χ2n) is 8.00. The molecule has 3 nitrogen and oxygen atoms in total. The van der Waals surface area contributed by atoms with Crippen LogP contribution in [0.3, 0.4) is 0 Å². The van der Waals surface area contributed by atoms with E-state index in [1.807, 2.05) is 6.07 Å². The van der Waals surface area contributed by atoms with E-state index in [9.17, 15) is 8.78 Å². The predicted molar refractivity (Wildman–Crippen MR) is 96.3 cm³/mol. The van der Waals surface area contributed by atoms with Crippen LogP contribution in [0.5, 0.6) is 0 Å². The van der Waals surface area contributed by atoms with Crippen LogP contribution in [-0.4, -0.2) is 19.3 Å². The first kappa shape index (κ1) is 17.4. The van der Waals surface area contributed by atoms with Crippen molar-refractivity contribution in [2.45, 2.75) is 44.4 Å². The van der Waals surface area contributed by atoms with Gasteiger partial charge in [0, 0.05) is 17.3 Å². The van der Waals surface area contributed by atoms with Gasteiger partial charge in [-0.2, -0.15) is 0 Å². The molecule has 1 saturated heterocycles. The summed E-state index contributed by atoms with van der Waals surface area (Å²) >= 11 is 0. The molecule has 2 heterocycles. The molecule has 1 N–H and O–H groups in total. The summed E-state index contributed by atoms with van der Waals surface area (Å²) in [6, 6.07) is 9.46. The van der Waals surface area contributed by atoms with Crippen LogP contribution in [0.4, 0.5) is 14.5 Å². The van der Waals surface area contributed by atoms with Crippen molar-refractivity contribution in [2.24, 2.45) is 0 Å². The Morgan fingerprint density at radius 1 is 0.962 bits per heavy atom. The molecular weight excluding hydrogens is 336 g/mol. The van der Waals surface area contributed by atoms with E-state index in [4.69, 9.17) is 9.47 Å². The minimum absolute atomic E-state index is 0.0165. The minimum atomic E-state index is -0.594. The molecule has 0 aliphatic carbocycles. The summed E-state index contributed by atoms with van der Waals surface area (Å²) in [5, 5.41) is 3.41. The van der Waals surface area contributed by atoms with Crippen LogP contribution in [0.15, 0.2) is 36.4 Å². The molecule has 2 aromatic carbocycles. The van der Waals surface area contributed by atoms with Crippen molar-refractivity contribution in [3.8, 4) is 0 Å². The molecular formula is C21H23F2NO2. The fourth-order valence-electron chi connectivity index (χ4n) is 3.75. The number of halogens is 2. The number of fused-ring (bicyclic) bond motifs is 3. The van der Waals surface area contributed by atoms with Crippen molar-refractivity contribution in [2.75, 3.05) is 18.5 Å². The van der Waals surface area contributed by atoms with E-state index < -0.39 is 11.6 Å². The van der Waals surface area contributed by atoms with Crippen molar-refractivity contribution in [3.63, 3.8) is 0 Å². The van der Waals surface area contributed by atoms with Crippen molar-refractivity contribution in [1.82, 2.24) is 0 Å². The first-order chi connectivity index (χ1) is 12.3. The molecule has 26 heavy (non-hydrogen) atoms. The van der Waals surface area contributed by atoms with Crippen molar-refractivity contribution < 1.29 is 18.3 Å². The molecule has 3 atom stereocenters. The quantitative estimate of drug-likeness (QED) is 0.787. The molecule has 5 heteroatoms. The number of nitrogens with one attached hydrogen (secondary N) is 1. The van der Waals surface area contributed by atoms with Crippen LogP contribution in [0, 0.1) is 11.6 Å². The van der Waals surface area contributed by atoms with E-state index in [0.29, 0.717) is 18.8 Å². The third kappa shape index (κ3) is 3.10. The Hall–Kier alpha value is -1.98. The van der Waals surface area contributed by atoms with Crippen molar-refractivity contribution in [1.29, 1.82) is 0 Å². The van der Waals surface area contributed by atoms with Crippen LogP contribution >= 0.6 is 0 Å². The molecule has 2 aliphatic heterocycles. The first-order valence-electron chi connectivity index (χ1n) is 8.93. The molecule has 4 rings (SSSR count). The average molecular weight is 359 g/mol. The monoisotopic (exact) mass is 359 g/mol. The van der Waals surface area contributed by atoms with E-state index in [1.54, 1.807) is 0 Å². The number of ether oxygens (including phenoxy) is 2. The third-order valence-corrected chi connectivity index (χ3v) is 5.10. The standard InChI is InChI=1S/C21H23F2NO2/c1-21(2,3)13-4-5-17-16(10-13)19-20(26-7-6-25-19)18(24-17)12-8-14(22)11-15(23)9-12/h4-5,8-11,18-20,24H,6-7H2,1-3H3. The van der Waals surface area contributed by atoms with Gasteiger partial charge in [0.25, 0.3) is 0 Å². The predicted octanol–water partition coefficient (Wildman–Crippen LogP) is 4.89. The van der Waals surface area contributed by atoms with Gasteiger partial charge in [0.1, 0.15) is 23.8 Å². The lowest BCUT2D eigenvalue weighted by Crippen LogP contribution is -2.43. The summed E-state index contributed by atoms with van der Waals surface area (Å²) in [4.78, 5) is 0. The summed E-state index contributed by atoms with van der Waals surface area (Å²) in [6.45, 7) is 7.47. The number of rotatable bonds is 1. The van der Waals surface area contributed by atoms with E-state index in [1.165, 1.54) is 17.7 Å². The van der Waals surface area contributed by atoms with Crippen LogP contribution in [0.1, 0.15) is 49.6 Å². The molecule has 0 bridgehead atoms. The maximum atomic E-state index is 13.7. The highest BCUT2D eigenvalue weighted by atomic mass is 19.1. The zero-order valence-corrected chi connectivity index (χ0v) is 15.2. The van der Waals surface area contributed by atoms with Gasteiger partial charge in [-0.3, -0.25) is 0 Å². The van der Waals surface area contributed by atoms with Crippen molar-refractivity contribution >= 4 is 5.69 Å². The Morgan fingerprint density at radius 2 is 1.65 bits per heavy atom. The molecule has 1 fully saturated rings. The Bertz CT molecular complexity index is 811. The van der Waals surface area contributed by atoms with Gasteiger partial charge in [-0.25, -0.2) is 8.78 Å². The molecule has 0 amide bonds. The van der Waals surface area contributed by atoms with Crippen LogP contribution in [0.25, 0.3) is 0 Å². The third-order valence-electron chi connectivity index (χ3n) is 5.10. The number of anilines is 1. The SMILES string of the molecule is CC(C)(C)c1ccc2c(c1)C1OCCOC1C(c1cc(F)cc(F)c1)N2. The molecule has 0 saturated carbocycles. The normalized spacial score (nSPS) is 25.2. The van der Waals surface area contributed by atoms with Crippen molar-refractivity contribution in [3.05, 3.63) is 64.7 Å². The summed E-state index contributed by atoms with van der Waals surface area (Å²) in [5.41, 5.74) is 3.70. The highest BCUT2D eigenvalue weighted by molar-refractivity contribution is 5.59. The lowest BCUT2D eigenvalue weighted by Gasteiger charge is -2.43. The average Bonchev–Trinajstić information content (AvgIpc) is 2.59. The van der Waals surface area contributed by atoms with E-state index in [2.05, 4.69) is 38.2 Å². The Kier molecular flexibility index (Phi) is 4.24. The Morgan fingerprint density at radius 3 is 2.35 bits per heavy atom. The zero-order valence-electron chi connectivity index (χ0n) is 15.2. The van der Waals surface area contributed by atoms with Gasteiger partial charge in [-0.15, -0.1) is 0 Å². The summed E-state index contributed by atoms with van der Waals surface area (Å²) in [6.07, 6.45) is -0.605. The maximum absolute atomic E-state index is 13.7. The molecule has 0 aromatic heterocycles.